The Labute approximate surface area is 132 Å². The molecule has 0 bridgehead atoms. The zero-order chi connectivity index (χ0) is 14.8. The van der Waals surface area contributed by atoms with Gasteiger partial charge in [0, 0.05) is 0 Å². The van der Waals surface area contributed by atoms with Gasteiger partial charge in [-0.2, -0.15) is 5.10 Å². The number of rotatable bonds is 3. The Balaban J connectivity index is 1.67. The molecule has 2 N–H and O–H groups in total. The Bertz CT molecular complexity index is 645. The standard InChI is InChI=1S/C14H17ClN4OS/c1-9-12(8-16-19(9)10-4-2-3-5-10)18-14(20)17-11-6-7-21-13(11)15/h6-8,10H,2-5H2,1H3,(H2,17,18,20). The topological polar surface area (TPSA) is 59.0 Å². The third-order valence-electron chi connectivity index (χ3n) is 3.83. The minimum atomic E-state index is -0.302. The second kappa shape index (κ2) is 6.07. The van der Waals surface area contributed by atoms with E-state index in [0.717, 1.165) is 11.4 Å². The lowest BCUT2D eigenvalue weighted by molar-refractivity contribution is 0.262. The van der Waals surface area contributed by atoms with Gasteiger partial charge in [-0.1, -0.05) is 24.4 Å². The number of hydrogen-bond acceptors (Lipinski definition) is 3. The molecule has 5 nitrogen and oxygen atoms in total. The van der Waals surface area contributed by atoms with Crippen molar-refractivity contribution in [1.29, 1.82) is 0 Å². The fourth-order valence-corrected chi connectivity index (χ4v) is 3.55. The molecule has 112 valence electrons. The van der Waals surface area contributed by atoms with Gasteiger partial charge < -0.3 is 10.6 Å². The number of hydrogen-bond donors (Lipinski definition) is 2. The molecule has 0 unspecified atom stereocenters. The molecule has 1 fully saturated rings. The van der Waals surface area contributed by atoms with Gasteiger partial charge in [-0.3, -0.25) is 4.68 Å². The predicted molar refractivity (Wildman–Crippen MR) is 86.4 cm³/mol. The maximum atomic E-state index is 12.0. The molecule has 0 saturated heterocycles. The third-order valence-corrected chi connectivity index (χ3v) is 5.00. The Morgan fingerprint density at radius 2 is 2.10 bits per heavy atom. The van der Waals surface area contributed by atoms with E-state index < -0.39 is 0 Å². The highest BCUT2D eigenvalue weighted by Crippen LogP contribution is 2.32. The Hall–Kier alpha value is -1.53. The molecule has 2 aromatic rings. The van der Waals surface area contributed by atoms with Crippen molar-refractivity contribution < 1.29 is 4.79 Å². The quantitative estimate of drug-likeness (QED) is 0.862. The first-order chi connectivity index (χ1) is 10.1. The lowest BCUT2D eigenvalue weighted by atomic mass is 10.2. The summed E-state index contributed by atoms with van der Waals surface area (Å²) in [4.78, 5) is 12.0. The SMILES string of the molecule is Cc1c(NC(=O)Nc2ccsc2Cl)cnn1C1CCCC1. The van der Waals surface area contributed by atoms with Gasteiger partial charge in [0.2, 0.25) is 0 Å². The zero-order valence-electron chi connectivity index (χ0n) is 11.7. The molecule has 0 radical (unpaired) electrons. The normalized spacial score (nSPS) is 15.3. The molecule has 0 aromatic carbocycles. The molecule has 1 aliphatic carbocycles. The number of nitrogens with zero attached hydrogens (tertiary/aromatic N) is 2. The second-order valence-corrected chi connectivity index (χ2v) is 6.73. The average molecular weight is 325 g/mol. The van der Waals surface area contributed by atoms with Crippen LogP contribution in [0.15, 0.2) is 17.6 Å². The number of carbonyl (C=O) groups is 1. The van der Waals surface area contributed by atoms with Crippen LogP contribution in [0.4, 0.5) is 16.2 Å². The molecule has 2 amide bonds. The lowest BCUT2D eigenvalue weighted by Crippen LogP contribution is -2.19. The fraction of sp³-hybridized carbons (Fsp3) is 0.429. The summed E-state index contributed by atoms with van der Waals surface area (Å²) in [5.41, 5.74) is 2.36. The summed E-state index contributed by atoms with van der Waals surface area (Å²) in [6, 6.07) is 1.95. The van der Waals surface area contributed by atoms with Gasteiger partial charge in [-0.15, -0.1) is 11.3 Å². The van der Waals surface area contributed by atoms with Gasteiger partial charge in [0.05, 0.1) is 29.3 Å². The maximum absolute atomic E-state index is 12.0. The van der Waals surface area contributed by atoms with E-state index in [4.69, 9.17) is 11.6 Å². The first kappa shape index (κ1) is 14.4. The summed E-state index contributed by atoms with van der Waals surface area (Å²) in [7, 11) is 0. The largest absolute Gasteiger partial charge is 0.323 e. The van der Waals surface area contributed by atoms with Crippen molar-refractivity contribution in [1.82, 2.24) is 9.78 Å². The van der Waals surface area contributed by atoms with Crippen LogP contribution in [0.3, 0.4) is 0 Å². The monoisotopic (exact) mass is 324 g/mol. The minimum absolute atomic E-state index is 0.302. The Morgan fingerprint density at radius 1 is 1.38 bits per heavy atom. The number of aromatic nitrogens is 2. The molecule has 7 heteroatoms. The van der Waals surface area contributed by atoms with Crippen molar-refractivity contribution in [2.45, 2.75) is 38.6 Å². The number of nitrogens with one attached hydrogen (secondary N) is 2. The van der Waals surface area contributed by atoms with Crippen LogP contribution in [0, 0.1) is 6.92 Å². The molecule has 1 aliphatic rings. The summed E-state index contributed by atoms with van der Waals surface area (Å²) in [5.74, 6) is 0. The van der Waals surface area contributed by atoms with E-state index in [1.54, 1.807) is 12.3 Å². The lowest BCUT2D eigenvalue weighted by Gasteiger charge is -2.13. The predicted octanol–water partition coefficient (Wildman–Crippen LogP) is 4.67. The molecule has 0 aliphatic heterocycles. The maximum Gasteiger partial charge on any atom is 0.323 e. The smallest absolute Gasteiger partial charge is 0.305 e. The molecule has 2 aromatic heterocycles. The molecule has 21 heavy (non-hydrogen) atoms. The molecule has 0 spiro atoms. The summed E-state index contributed by atoms with van der Waals surface area (Å²) in [6.45, 7) is 1.98. The van der Waals surface area contributed by atoms with Gasteiger partial charge >= 0.3 is 6.03 Å². The summed E-state index contributed by atoms with van der Waals surface area (Å²) >= 11 is 7.35. The molecular weight excluding hydrogens is 308 g/mol. The number of anilines is 2. The minimum Gasteiger partial charge on any atom is -0.305 e. The van der Waals surface area contributed by atoms with Gasteiger partial charge in [-0.25, -0.2) is 4.79 Å². The van der Waals surface area contributed by atoms with Crippen molar-refractivity contribution in [2.75, 3.05) is 10.6 Å². The van der Waals surface area contributed by atoms with E-state index in [0.29, 0.717) is 16.1 Å². The summed E-state index contributed by atoms with van der Waals surface area (Å²) < 4.78 is 2.60. The van der Waals surface area contributed by atoms with Gasteiger partial charge in [0.1, 0.15) is 4.34 Å². The fourth-order valence-electron chi connectivity index (χ4n) is 2.72. The van der Waals surface area contributed by atoms with Crippen molar-refractivity contribution in [3.8, 4) is 0 Å². The molecule has 2 heterocycles. The Morgan fingerprint density at radius 3 is 2.76 bits per heavy atom. The van der Waals surface area contributed by atoms with Gasteiger partial charge in [0.15, 0.2) is 0 Å². The van der Waals surface area contributed by atoms with Gasteiger partial charge in [0.25, 0.3) is 0 Å². The van der Waals surface area contributed by atoms with E-state index >= 15 is 0 Å². The molecule has 0 atom stereocenters. The van der Waals surface area contributed by atoms with Crippen LogP contribution < -0.4 is 10.6 Å². The van der Waals surface area contributed by atoms with Crippen molar-refractivity contribution in [3.63, 3.8) is 0 Å². The first-order valence-corrected chi connectivity index (χ1v) is 8.26. The average Bonchev–Trinajstić information content (AvgIpc) is 3.15. The number of thiophene rings is 1. The number of halogens is 1. The van der Waals surface area contributed by atoms with E-state index in [1.165, 1.54) is 37.0 Å². The van der Waals surface area contributed by atoms with Crippen LogP contribution in [0.5, 0.6) is 0 Å². The number of amides is 2. The third kappa shape index (κ3) is 3.06. The molecule has 3 rings (SSSR count). The van der Waals surface area contributed by atoms with E-state index in [9.17, 15) is 4.79 Å². The highest BCUT2D eigenvalue weighted by atomic mass is 35.5. The van der Waals surface area contributed by atoms with Crippen molar-refractivity contribution >= 4 is 40.3 Å². The second-order valence-electron chi connectivity index (χ2n) is 5.21. The van der Waals surface area contributed by atoms with E-state index in [2.05, 4.69) is 15.7 Å². The Kier molecular flexibility index (Phi) is 4.17. The molecular formula is C14H17ClN4OS. The highest BCUT2D eigenvalue weighted by Gasteiger charge is 2.21. The van der Waals surface area contributed by atoms with E-state index in [1.807, 2.05) is 17.0 Å². The van der Waals surface area contributed by atoms with Crippen LogP contribution in [0.1, 0.15) is 37.4 Å². The van der Waals surface area contributed by atoms with Crippen molar-refractivity contribution in [3.05, 3.63) is 27.7 Å². The van der Waals surface area contributed by atoms with Crippen molar-refractivity contribution in [2.24, 2.45) is 0 Å². The number of urea groups is 1. The molecule has 1 saturated carbocycles. The first-order valence-electron chi connectivity index (χ1n) is 7.00. The zero-order valence-corrected chi connectivity index (χ0v) is 13.3. The van der Waals surface area contributed by atoms with Gasteiger partial charge in [-0.05, 0) is 31.2 Å². The van der Waals surface area contributed by atoms with Crippen LogP contribution in [0.2, 0.25) is 4.34 Å². The van der Waals surface area contributed by atoms with Crippen LogP contribution in [0.25, 0.3) is 0 Å². The van der Waals surface area contributed by atoms with Crippen LogP contribution in [-0.2, 0) is 0 Å². The summed E-state index contributed by atoms with van der Waals surface area (Å²) in [6.07, 6.45) is 6.55. The summed E-state index contributed by atoms with van der Waals surface area (Å²) in [5, 5.41) is 11.8. The van der Waals surface area contributed by atoms with E-state index in [-0.39, 0.29) is 6.03 Å². The number of carbonyl (C=O) groups excluding carboxylic acids is 1. The highest BCUT2D eigenvalue weighted by molar-refractivity contribution is 7.15. The van der Waals surface area contributed by atoms with Crippen LogP contribution in [-0.4, -0.2) is 15.8 Å². The van der Waals surface area contributed by atoms with Crippen LogP contribution >= 0.6 is 22.9 Å².